The first kappa shape index (κ1) is 26.7. The standard InChI is InChI=1S/C32H33N5O3/c1-23-9-13-25(14-10-23)19-27(20-33-30(38)22-35-17-5-6-18-35)37-29-8-4-3-7-28(29)36(31(37)34-32(39)40)21-26-15-11-24(2)12-16-26/h3-18,27H,19-22H2,1-2H3,(H,33,38)(H,39,40)/t27-/m0/s1. The summed E-state index contributed by atoms with van der Waals surface area (Å²) in [6, 6.07) is 27.8. The smallest absolute Gasteiger partial charge is 0.434 e. The summed E-state index contributed by atoms with van der Waals surface area (Å²) in [7, 11) is 0. The average Bonchev–Trinajstić information content (AvgIpc) is 3.55. The molecule has 40 heavy (non-hydrogen) atoms. The fourth-order valence-electron chi connectivity index (χ4n) is 5.01. The second-order valence-corrected chi connectivity index (χ2v) is 10.1. The van der Waals surface area contributed by atoms with E-state index in [-0.39, 0.29) is 18.5 Å². The maximum absolute atomic E-state index is 12.9. The van der Waals surface area contributed by atoms with Crippen LogP contribution in [-0.2, 0) is 24.3 Å². The van der Waals surface area contributed by atoms with Gasteiger partial charge in [-0.3, -0.25) is 4.79 Å². The van der Waals surface area contributed by atoms with E-state index in [9.17, 15) is 14.7 Å². The minimum absolute atomic E-state index is 0.120. The van der Waals surface area contributed by atoms with Crippen LogP contribution in [0.3, 0.4) is 0 Å². The van der Waals surface area contributed by atoms with Gasteiger partial charge in [0.1, 0.15) is 6.54 Å². The number of carboxylic acid groups (broad SMARTS) is 1. The number of aryl methyl sites for hydroxylation is 2. The van der Waals surface area contributed by atoms with Gasteiger partial charge in [-0.05, 0) is 55.7 Å². The summed E-state index contributed by atoms with van der Waals surface area (Å²) in [6.07, 6.45) is 3.00. The Labute approximate surface area is 232 Å². The molecule has 0 aliphatic rings. The number of para-hydroxylation sites is 2. The molecule has 0 unspecified atom stereocenters. The molecular weight excluding hydrogens is 502 g/mol. The number of amides is 2. The van der Waals surface area contributed by atoms with E-state index < -0.39 is 6.09 Å². The minimum atomic E-state index is -1.27. The SMILES string of the molecule is Cc1ccc(C[C@@H](CNC(=O)Cn2cccc2)n2c(=NC(=O)O)n(Cc3ccc(C)cc3)c3ccccc32)cc1. The molecule has 0 spiro atoms. The summed E-state index contributed by atoms with van der Waals surface area (Å²) in [5.41, 5.74) is 6.48. The third-order valence-corrected chi connectivity index (χ3v) is 7.03. The van der Waals surface area contributed by atoms with Crippen molar-refractivity contribution in [3.05, 3.63) is 125 Å². The van der Waals surface area contributed by atoms with Crippen LogP contribution in [0.15, 0.2) is 102 Å². The van der Waals surface area contributed by atoms with Gasteiger partial charge in [-0.15, -0.1) is 4.99 Å². The normalized spacial score (nSPS) is 12.5. The molecule has 0 radical (unpaired) electrons. The molecule has 2 aromatic heterocycles. The van der Waals surface area contributed by atoms with Crippen LogP contribution >= 0.6 is 0 Å². The highest BCUT2D eigenvalue weighted by Gasteiger charge is 2.22. The van der Waals surface area contributed by atoms with Gasteiger partial charge in [0.2, 0.25) is 11.5 Å². The number of hydrogen-bond donors (Lipinski definition) is 2. The van der Waals surface area contributed by atoms with Crippen molar-refractivity contribution in [1.82, 2.24) is 19.0 Å². The summed E-state index contributed by atoms with van der Waals surface area (Å²) in [5, 5.41) is 12.9. The van der Waals surface area contributed by atoms with Crippen molar-refractivity contribution >= 4 is 23.0 Å². The van der Waals surface area contributed by atoms with Crippen LogP contribution in [0.4, 0.5) is 4.79 Å². The highest BCUT2D eigenvalue weighted by atomic mass is 16.4. The van der Waals surface area contributed by atoms with E-state index in [2.05, 4.69) is 34.6 Å². The Kier molecular flexibility index (Phi) is 7.96. The van der Waals surface area contributed by atoms with E-state index in [1.165, 1.54) is 0 Å². The van der Waals surface area contributed by atoms with Gasteiger partial charge in [-0.1, -0.05) is 71.8 Å². The van der Waals surface area contributed by atoms with Crippen molar-refractivity contribution in [2.75, 3.05) is 6.54 Å². The Morgan fingerprint density at radius 2 is 1.43 bits per heavy atom. The second-order valence-electron chi connectivity index (χ2n) is 10.1. The van der Waals surface area contributed by atoms with Crippen molar-refractivity contribution in [3.63, 3.8) is 0 Å². The van der Waals surface area contributed by atoms with Gasteiger partial charge in [-0.2, -0.15) is 0 Å². The maximum Gasteiger partial charge on any atom is 0.434 e. The van der Waals surface area contributed by atoms with Gasteiger partial charge >= 0.3 is 6.09 Å². The van der Waals surface area contributed by atoms with E-state index >= 15 is 0 Å². The first-order valence-electron chi connectivity index (χ1n) is 13.3. The van der Waals surface area contributed by atoms with E-state index in [4.69, 9.17) is 0 Å². The number of aromatic nitrogens is 3. The number of fused-ring (bicyclic) bond motifs is 1. The lowest BCUT2D eigenvalue weighted by atomic mass is 10.0. The summed E-state index contributed by atoms with van der Waals surface area (Å²) < 4.78 is 5.72. The topological polar surface area (TPSA) is 93.6 Å². The van der Waals surface area contributed by atoms with E-state index in [1.807, 2.05) is 101 Å². The Morgan fingerprint density at radius 1 is 0.825 bits per heavy atom. The van der Waals surface area contributed by atoms with Gasteiger partial charge < -0.3 is 24.1 Å². The van der Waals surface area contributed by atoms with Crippen molar-refractivity contribution in [1.29, 1.82) is 0 Å². The van der Waals surface area contributed by atoms with Gasteiger partial charge in [-0.25, -0.2) is 4.79 Å². The highest BCUT2D eigenvalue weighted by Crippen LogP contribution is 2.22. The molecule has 5 rings (SSSR count). The average molecular weight is 536 g/mol. The predicted octanol–water partition coefficient (Wildman–Crippen LogP) is 5.09. The zero-order valence-corrected chi connectivity index (χ0v) is 22.7. The number of rotatable bonds is 9. The first-order chi connectivity index (χ1) is 19.4. The van der Waals surface area contributed by atoms with Crippen LogP contribution in [0, 0.1) is 13.8 Å². The molecule has 3 aromatic carbocycles. The van der Waals surface area contributed by atoms with E-state index in [1.54, 1.807) is 0 Å². The number of imidazole rings is 1. The first-order valence-corrected chi connectivity index (χ1v) is 13.3. The van der Waals surface area contributed by atoms with Gasteiger partial charge in [0.25, 0.3) is 0 Å². The van der Waals surface area contributed by atoms with Gasteiger partial charge in [0.05, 0.1) is 23.6 Å². The van der Waals surface area contributed by atoms with Crippen molar-refractivity contribution < 1.29 is 14.7 Å². The molecular formula is C32H33N5O3. The lowest BCUT2D eigenvalue weighted by Gasteiger charge is -2.21. The number of benzene rings is 3. The number of nitrogens with one attached hydrogen (secondary N) is 1. The molecule has 0 aliphatic heterocycles. The summed E-state index contributed by atoms with van der Waals surface area (Å²) in [6.45, 7) is 5.04. The zero-order valence-electron chi connectivity index (χ0n) is 22.7. The van der Waals surface area contributed by atoms with Crippen LogP contribution in [0.25, 0.3) is 11.0 Å². The largest absolute Gasteiger partial charge is 0.463 e. The second kappa shape index (κ2) is 11.9. The maximum atomic E-state index is 12.9. The molecule has 5 aromatic rings. The molecule has 2 heterocycles. The molecule has 0 fully saturated rings. The molecule has 0 saturated heterocycles. The van der Waals surface area contributed by atoms with Crippen LogP contribution in [0.1, 0.15) is 28.3 Å². The summed E-state index contributed by atoms with van der Waals surface area (Å²) in [5.74, 6) is -0.120. The van der Waals surface area contributed by atoms with E-state index in [0.29, 0.717) is 25.1 Å². The molecule has 1 atom stereocenters. The van der Waals surface area contributed by atoms with Crippen LogP contribution in [-0.4, -0.2) is 37.4 Å². The van der Waals surface area contributed by atoms with Gasteiger partial charge in [0, 0.05) is 18.9 Å². The van der Waals surface area contributed by atoms with Crippen molar-refractivity contribution in [2.45, 2.75) is 39.4 Å². The lowest BCUT2D eigenvalue weighted by molar-refractivity contribution is -0.121. The van der Waals surface area contributed by atoms with Crippen LogP contribution < -0.4 is 10.9 Å². The zero-order chi connectivity index (χ0) is 28.1. The molecule has 8 nitrogen and oxygen atoms in total. The summed E-state index contributed by atoms with van der Waals surface area (Å²) >= 11 is 0. The monoisotopic (exact) mass is 535 g/mol. The molecule has 2 amide bonds. The van der Waals surface area contributed by atoms with Crippen molar-refractivity contribution in [3.8, 4) is 0 Å². The third-order valence-electron chi connectivity index (χ3n) is 7.03. The molecule has 0 saturated carbocycles. The number of nitrogens with zero attached hydrogens (tertiary/aromatic N) is 4. The molecule has 204 valence electrons. The van der Waals surface area contributed by atoms with Crippen LogP contribution in [0.2, 0.25) is 0 Å². The highest BCUT2D eigenvalue weighted by molar-refractivity contribution is 5.77. The molecule has 2 N–H and O–H groups in total. The Hall–Kier alpha value is -4.85. The lowest BCUT2D eigenvalue weighted by Crippen LogP contribution is -2.38. The minimum Gasteiger partial charge on any atom is -0.463 e. The Morgan fingerprint density at radius 3 is 2.05 bits per heavy atom. The quantitative estimate of drug-likeness (QED) is 0.275. The molecule has 0 aliphatic carbocycles. The number of carbonyl (C=O) groups is 2. The molecule has 0 bridgehead atoms. The summed E-state index contributed by atoms with van der Waals surface area (Å²) in [4.78, 5) is 29.0. The number of hydrogen-bond acceptors (Lipinski definition) is 2. The van der Waals surface area contributed by atoms with Crippen molar-refractivity contribution in [2.24, 2.45) is 4.99 Å². The fourth-order valence-corrected chi connectivity index (χ4v) is 5.01. The third kappa shape index (κ3) is 6.23. The number of carbonyl (C=O) groups excluding carboxylic acids is 1. The Bertz CT molecular complexity index is 1680. The van der Waals surface area contributed by atoms with Crippen LogP contribution in [0.5, 0.6) is 0 Å². The van der Waals surface area contributed by atoms with Gasteiger partial charge in [0.15, 0.2) is 0 Å². The predicted molar refractivity (Wildman–Crippen MR) is 155 cm³/mol. The fraction of sp³-hybridized carbons (Fsp3) is 0.219. The Balaban J connectivity index is 1.60. The van der Waals surface area contributed by atoms with E-state index in [0.717, 1.165) is 33.3 Å². The molecule has 8 heteroatoms.